The lowest BCUT2D eigenvalue weighted by Crippen LogP contribution is -2.01. The molecule has 0 radical (unpaired) electrons. The molecule has 2 rings (SSSR count). The molecule has 0 saturated heterocycles. The average molecular weight is 359 g/mol. The zero-order valence-corrected chi connectivity index (χ0v) is 14.1. The lowest BCUT2D eigenvalue weighted by Gasteiger charge is -2.10. The summed E-state index contributed by atoms with van der Waals surface area (Å²) in [4.78, 5) is 21.6. The van der Waals surface area contributed by atoms with Crippen LogP contribution < -0.4 is 14.9 Å². The molecule has 9 nitrogen and oxygen atoms in total. The highest BCUT2D eigenvalue weighted by atomic mass is 16.6. The Kier molecular flexibility index (Phi) is 6.10. The van der Waals surface area contributed by atoms with Gasteiger partial charge >= 0.3 is 11.7 Å². The Bertz CT molecular complexity index is 850. The van der Waals surface area contributed by atoms with E-state index in [-0.39, 0.29) is 22.7 Å². The highest BCUT2D eigenvalue weighted by molar-refractivity contribution is 5.89. The van der Waals surface area contributed by atoms with Gasteiger partial charge in [-0.1, -0.05) is 6.07 Å². The van der Waals surface area contributed by atoms with Gasteiger partial charge in [-0.25, -0.2) is 4.79 Å². The van der Waals surface area contributed by atoms with E-state index in [9.17, 15) is 14.9 Å². The fraction of sp³-hybridized carbons (Fsp3) is 0.176. The van der Waals surface area contributed by atoms with E-state index >= 15 is 0 Å². The van der Waals surface area contributed by atoms with E-state index in [0.29, 0.717) is 17.9 Å². The van der Waals surface area contributed by atoms with Gasteiger partial charge in [0.25, 0.3) is 0 Å². The molecule has 26 heavy (non-hydrogen) atoms. The quantitative estimate of drug-likeness (QED) is 0.421. The SMILES string of the molecule is CCOc1cc(/C=N/Nc2cccc(C(=O)O)c2)cc([N+](=O)[O-])c1OC. The summed E-state index contributed by atoms with van der Waals surface area (Å²) in [6.45, 7) is 2.07. The lowest BCUT2D eigenvalue weighted by molar-refractivity contribution is -0.385. The van der Waals surface area contributed by atoms with Gasteiger partial charge in [-0.05, 0) is 31.2 Å². The second kappa shape index (κ2) is 8.47. The maximum Gasteiger partial charge on any atom is 0.335 e. The number of hydrogen-bond acceptors (Lipinski definition) is 7. The molecule has 0 aliphatic heterocycles. The van der Waals surface area contributed by atoms with Crippen LogP contribution in [-0.4, -0.2) is 35.9 Å². The summed E-state index contributed by atoms with van der Waals surface area (Å²) < 4.78 is 10.5. The number of methoxy groups -OCH3 is 1. The number of nitro groups is 1. The van der Waals surface area contributed by atoms with Gasteiger partial charge in [0.15, 0.2) is 5.75 Å². The number of carboxylic acids is 1. The van der Waals surface area contributed by atoms with E-state index in [2.05, 4.69) is 10.5 Å². The van der Waals surface area contributed by atoms with Crippen LogP contribution in [0.2, 0.25) is 0 Å². The molecular formula is C17H17N3O6. The average Bonchev–Trinajstić information content (AvgIpc) is 2.61. The predicted octanol–water partition coefficient (Wildman–Crippen LogP) is 3.15. The third kappa shape index (κ3) is 4.47. The van der Waals surface area contributed by atoms with E-state index < -0.39 is 10.9 Å². The second-order valence-electron chi connectivity index (χ2n) is 5.02. The number of nitrogens with one attached hydrogen (secondary N) is 1. The van der Waals surface area contributed by atoms with Crippen molar-refractivity contribution in [2.24, 2.45) is 5.10 Å². The normalized spacial score (nSPS) is 10.5. The Hall–Kier alpha value is -3.62. The molecule has 0 bridgehead atoms. The van der Waals surface area contributed by atoms with Gasteiger partial charge < -0.3 is 14.6 Å². The molecular weight excluding hydrogens is 342 g/mol. The summed E-state index contributed by atoms with van der Waals surface area (Å²) in [7, 11) is 1.33. The summed E-state index contributed by atoms with van der Waals surface area (Å²) in [5.74, 6) is -0.778. The number of rotatable bonds is 8. The van der Waals surface area contributed by atoms with Gasteiger partial charge in [0, 0.05) is 11.6 Å². The van der Waals surface area contributed by atoms with E-state index in [1.165, 1.54) is 31.5 Å². The zero-order chi connectivity index (χ0) is 19.1. The molecule has 0 heterocycles. The van der Waals surface area contributed by atoms with Crippen molar-refractivity contribution in [2.75, 3.05) is 19.1 Å². The first-order valence-corrected chi connectivity index (χ1v) is 7.58. The number of anilines is 1. The number of benzene rings is 2. The van der Waals surface area contributed by atoms with Crippen molar-refractivity contribution in [3.63, 3.8) is 0 Å². The minimum Gasteiger partial charge on any atom is -0.490 e. The summed E-state index contributed by atoms with van der Waals surface area (Å²) >= 11 is 0. The molecule has 0 saturated carbocycles. The molecule has 0 amide bonds. The highest BCUT2D eigenvalue weighted by Crippen LogP contribution is 2.37. The van der Waals surface area contributed by atoms with Crippen LogP contribution in [0.5, 0.6) is 11.5 Å². The molecule has 2 aromatic carbocycles. The van der Waals surface area contributed by atoms with Crippen molar-refractivity contribution >= 4 is 23.6 Å². The topological polar surface area (TPSA) is 123 Å². The molecule has 0 aromatic heterocycles. The van der Waals surface area contributed by atoms with Crippen LogP contribution in [0.25, 0.3) is 0 Å². The third-order valence-electron chi connectivity index (χ3n) is 3.28. The van der Waals surface area contributed by atoms with Crippen LogP contribution in [-0.2, 0) is 0 Å². The molecule has 0 unspecified atom stereocenters. The molecule has 2 aromatic rings. The van der Waals surface area contributed by atoms with Crippen molar-refractivity contribution in [2.45, 2.75) is 6.92 Å². The Morgan fingerprint density at radius 3 is 2.77 bits per heavy atom. The van der Waals surface area contributed by atoms with Crippen LogP contribution in [0.3, 0.4) is 0 Å². The molecule has 2 N–H and O–H groups in total. The van der Waals surface area contributed by atoms with Crippen molar-refractivity contribution in [1.82, 2.24) is 0 Å². The molecule has 0 fully saturated rings. The molecule has 0 aliphatic carbocycles. The first kappa shape index (κ1) is 18.7. The Morgan fingerprint density at radius 1 is 1.38 bits per heavy atom. The number of nitrogens with zero attached hydrogens (tertiary/aromatic N) is 2. The van der Waals surface area contributed by atoms with E-state index in [4.69, 9.17) is 14.6 Å². The summed E-state index contributed by atoms with van der Waals surface area (Å²) in [6.07, 6.45) is 1.36. The molecule has 136 valence electrons. The third-order valence-corrected chi connectivity index (χ3v) is 3.28. The zero-order valence-electron chi connectivity index (χ0n) is 14.1. The number of hydrogen-bond donors (Lipinski definition) is 2. The number of nitro benzene ring substituents is 1. The van der Waals surface area contributed by atoms with Gasteiger partial charge in [0.2, 0.25) is 5.75 Å². The Morgan fingerprint density at radius 2 is 2.15 bits per heavy atom. The van der Waals surface area contributed by atoms with Gasteiger partial charge in [0.05, 0.1) is 36.1 Å². The van der Waals surface area contributed by atoms with Crippen LogP contribution in [0, 0.1) is 10.1 Å². The maximum atomic E-state index is 11.2. The molecule has 0 aliphatic rings. The summed E-state index contributed by atoms with van der Waals surface area (Å²) in [5, 5.41) is 24.2. The number of ether oxygens (including phenoxy) is 2. The Balaban J connectivity index is 2.28. The van der Waals surface area contributed by atoms with Crippen molar-refractivity contribution in [1.29, 1.82) is 0 Å². The first-order valence-electron chi connectivity index (χ1n) is 7.58. The Labute approximate surface area is 149 Å². The fourth-order valence-electron chi connectivity index (χ4n) is 2.19. The first-order chi connectivity index (χ1) is 12.5. The van der Waals surface area contributed by atoms with E-state index in [0.717, 1.165) is 0 Å². The van der Waals surface area contributed by atoms with Crippen LogP contribution >= 0.6 is 0 Å². The maximum absolute atomic E-state index is 11.2. The number of aromatic carboxylic acids is 1. The largest absolute Gasteiger partial charge is 0.490 e. The van der Waals surface area contributed by atoms with Crippen molar-refractivity contribution < 1.29 is 24.3 Å². The second-order valence-corrected chi connectivity index (χ2v) is 5.02. The fourth-order valence-corrected chi connectivity index (χ4v) is 2.19. The molecule has 0 spiro atoms. The van der Waals surface area contributed by atoms with Gasteiger partial charge in [-0.15, -0.1) is 0 Å². The van der Waals surface area contributed by atoms with Crippen LogP contribution in [0.15, 0.2) is 41.5 Å². The highest BCUT2D eigenvalue weighted by Gasteiger charge is 2.21. The minimum atomic E-state index is -1.05. The van der Waals surface area contributed by atoms with Crippen LogP contribution in [0.1, 0.15) is 22.8 Å². The van der Waals surface area contributed by atoms with Crippen molar-refractivity contribution in [3.05, 3.63) is 57.6 Å². The number of carboxylic acid groups (broad SMARTS) is 1. The summed E-state index contributed by atoms with van der Waals surface area (Å²) in [6, 6.07) is 8.97. The van der Waals surface area contributed by atoms with Gasteiger partial charge in [-0.2, -0.15) is 5.10 Å². The predicted molar refractivity (Wildman–Crippen MR) is 95.4 cm³/mol. The van der Waals surface area contributed by atoms with Crippen molar-refractivity contribution in [3.8, 4) is 11.5 Å². The standard InChI is InChI=1S/C17H17N3O6/c1-3-26-15-8-11(7-14(20(23)24)16(15)25-2)10-18-19-13-6-4-5-12(9-13)17(21)22/h4-10,19H,3H2,1-2H3,(H,21,22)/b18-10+. The number of carbonyl (C=O) groups is 1. The smallest absolute Gasteiger partial charge is 0.335 e. The number of hydrazone groups is 1. The van der Waals surface area contributed by atoms with E-state index in [1.54, 1.807) is 25.1 Å². The van der Waals surface area contributed by atoms with Crippen LogP contribution in [0.4, 0.5) is 11.4 Å². The van der Waals surface area contributed by atoms with E-state index in [1.807, 2.05) is 0 Å². The molecule has 9 heteroatoms. The summed E-state index contributed by atoms with van der Waals surface area (Å²) in [5.41, 5.74) is 3.44. The van der Waals surface area contributed by atoms with Gasteiger partial charge in [0.1, 0.15) is 0 Å². The molecule has 0 atom stereocenters. The lowest BCUT2D eigenvalue weighted by atomic mass is 10.2. The minimum absolute atomic E-state index is 0.0381. The monoisotopic (exact) mass is 359 g/mol. The van der Waals surface area contributed by atoms with Gasteiger partial charge in [-0.3, -0.25) is 15.5 Å².